The molecule has 1 fully saturated rings. The Hall–Kier alpha value is -2.21. The molecule has 1 aliphatic heterocycles. The molecular weight excluding hydrogens is 352 g/mol. The lowest BCUT2D eigenvalue weighted by atomic mass is 10.0. The molecule has 1 aliphatic rings. The van der Waals surface area contributed by atoms with E-state index in [1.54, 1.807) is 12.1 Å². The van der Waals surface area contributed by atoms with E-state index in [1.165, 1.54) is 30.6 Å². The lowest BCUT2D eigenvalue weighted by molar-refractivity contribution is 0.0946. The molecule has 1 atom stereocenters. The number of carbonyl (C=O) groups excluding carboxylic acids is 1. The predicted molar refractivity (Wildman–Crippen MR) is 113 cm³/mol. The minimum Gasteiger partial charge on any atom is -0.351 e. The highest BCUT2D eigenvalue weighted by molar-refractivity contribution is 6.04. The minimum absolute atomic E-state index is 0.134. The Kier molecular flexibility index (Phi) is 7.20. The van der Waals surface area contributed by atoms with E-state index in [1.807, 2.05) is 19.1 Å². The fraction of sp³-hybridized carbons (Fsp3) is 0.591. The molecule has 0 unspecified atom stereocenters. The van der Waals surface area contributed by atoms with Crippen molar-refractivity contribution in [1.82, 2.24) is 20.0 Å². The predicted octanol–water partition coefficient (Wildman–Crippen LogP) is 3.05. The highest BCUT2D eigenvalue weighted by Crippen LogP contribution is 2.16. The van der Waals surface area contributed by atoms with Crippen molar-refractivity contribution in [3.8, 4) is 0 Å². The number of unbranched alkanes of at least 4 members (excludes halogenated alkanes) is 1. The summed E-state index contributed by atoms with van der Waals surface area (Å²) < 4.78 is 1.41. The number of nitrogens with one attached hydrogen (secondary N) is 1. The number of piperidine rings is 1. The average Bonchev–Trinajstić information content (AvgIpc) is 2.70. The first kappa shape index (κ1) is 20.5. The third-order valence-electron chi connectivity index (χ3n) is 5.45. The van der Waals surface area contributed by atoms with Crippen molar-refractivity contribution in [1.29, 1.82) is 0 Å². The number of carbonyl (C=O) groups is 1. The molecule has 3 rings (SSSR count). The van der Waals surface area contributed by atoms with Crippen molar-refractivity contribution in [3.63, 3.8) is 0 Å². The molecule has 152 valence electrons. The summed E-state index contributed by atoms with van der Waals surface area (Å²) in [6.45, 7) is 8.95. The van der Waals surface area contributed by atoms with Crippen molar-refractivity contribution in [2.45, 2.75) is 52.5 Å². The number of nitrogens with zero attached hydrogens (tertiary/aromatic N) is 3. The Morgan fingerprint density at radius 2 is 2.00 bits per heavy atom. The Morgan fingerprint density at radius 1 is 1.21 bits per heavy atom. The van der Waals surface area contributed by atoms with Gasteiger partial charge in [0.1, 0.15) is 0 Å². The molecule has 0 aliphatic carbocycles. The topological polar surface area (TPSA) is 67.2 Å². The summed E-state index contributed by atoms with van der Waals surface area (Å²) in [7, 11) is 0. The van der Waals surface area contributed by atoms with E-state index in [0.29, 0.717) is 29.6 Å². The van der Waals surface area contributed by atoms with Crippen LogP contribution in [-0.2, 0) is 6.54 Å². The quantitative estimate of drug-likeness (QED) is 0.711. The van der Waals surface area contributed by atoms with Crippen LogP contribution in [0.1, 0.15) is 56.4 Å². The molecule has 0 radical (unpaired) electrons. The van der Waals surface area contributed by atoms with Gasteiger partial charge in [-0.25, -0.2) is 4.68 Å². The fourth-order valence-electron chi connectivity index (χ4n) is 4.00. The van der Waals surface area contributed by atoms with E-state index in [2.05, 4.69) is 22.2 Å². The maximum Gasteiger partial charge on any atom is 0.274 e. The zero-order valence-corrected chi connectivity index (χ0v) is 17.1. The van der Waals surface area contributed by atoms with Crippen LogP contribution in [0, 0.1) is 5.92 Å². The standard InChI is InChI=1S/C22H32N4O2/c1-3-13-26-22(28)19-11-5-4-10-18(19)20(24-26)21(27)23-12-6-7-14-25-15-8-9-17(2)16-25/h4-5,10-11,17H,3,6-9,12-16H2,1-2H3,(H,23,27)/t17-/m1/s1. The minimum atomic E-state index is -0.201. The van der Waals surface area contributed by atoms with Gasteiger partial charge >= 0.3 is 0 Å². The van der Waals surface area contributed by atoms with Gasteiger partial charge in [-0.3, -0.25) is 9.59 Å². The average molecular weight is 385 g/mol. The molecule has 1 saturated heterocycles. The summed E-state index contributed by atoms with van der Waals surface area (Å²) in [6.07, 6.45) is 5.46. The van der Waals surface area contributed by atoms with Crippen LogP contribution in [0.15, 0.2) is 29.1 Å². The van der Waals surface area contributed by atoms with Gasteiger partial charge in [-0.05, 0) is 57.2 Å². The van der Waals surface area contributed by atoms with Crippen LogP contribution in [0.3, 0.4) is 0 Å². The van der Waals surface area contributed by atoms with E-state index < -0.39 is 0 Å². The van der Waals surface area contributed by atoms with Gasteiger partial charge in [-0.1, -0.05) is 32.0 Å². The molecule has 1 aromatic heterocycles. The molecule has 1 amide bonds. The molecule has 0 spiro atoms. The smallest absolute Gasteiger partial charge is 0.274 e. The van der Waals surface area contributed by atoms with Crippen molar-refractivity contribution >= 4 is 16.7 Å². The lowest BCUT2D eigenvalue weighted by Crippen LogP contribution is -2.35. The van der Waals surface area contributed by atoms with E-state index in [-0.39, 0.29) is 11.5 Å². The van der Waals surface area contributed by atoms with Gasteiger partial charge in [-0.15, -0.1) is 0 Å². The number of likely N-dealkylation sites (tertiary alicyclic amines) is 1. The Labute approximate surface area is 166 Å². The van der Waals surface area contributed by atoms with Crippen LogP contribution in [0.5, 0.6) is 0 Å². The molecule has 0 bridgehead atoms. The Morgan fingerprint density at radius 3 is 2.75 bits per heavy atom. The highest BCUT2D eigenvalue weighted by atomic mass is 16.2. The van der Waals surface area contributed by atoms with Gasteiger partial charge in [0, 0.05) is 25.0 Å². The van der Waals surface area contributed by atoms with Gasteiger partial charge < -0.3 is 10.2 Å². The second kappa shape index (κ2) is 9.82. The van der Waals surface area contributed by atoms with Crippen LogP contribution >= 0.6 is 0 Å². The normalized spacial score (nSPS) is 17.7. The van der Waals surface area contributed by atoms with Crippen LogP contribution in [0.4, 0.5) is 0 Å². The van der Waals surface area contributed by atoms with Crippen molar-refractivity contribution in [2.24, 2.45) is 5.92 Å². The third-order valence-corrected chi connectivity index (χ3v) is 5.45. The van der Waals surface area contributed by atoms with E-state index >= 15 is 0 Å². The molecule has 1 aromatic carbocycles. The summed E-state index contributed by atoms with van der Waals surface area (Å²) in [5.74, 6) is 0.597. The van der Waals surface area contributed by atoms with E-state index in [0.717, 1.165) is 31.7 Å². The molecule has 6 heteroatoms. The van der Waals surface area contributed by atoms with Gasteiger partial charge in [0.15, 0.2) is 5.69 Å². The fourth-order valence-corrected chi connectivity index (χ4v) is 4.00. The molecule has 0 saturated carbocycles. The zero-order chi connectivity index (χ0) is 19.9. The molecule has 6 nitrogen and oxygen atoms in total. The van der Waals surface area contributed by atoms with Crippen molar-refractivity contribution < 1.29 is 4.79 Å². The molecular formula is C22H32N4O2. The van der Waals surface area contributed by atoms with Crippen LogP contribution in [0.2, 0.25) is 0 Å². The maximum atomic E-state index is 12.7. The molecule has 28 heavy (non-hydrogen) atoms. The number of hydrogen-bond donors (Lipinski definition) is 1. The van der Waals surface area contributed by atoms with Gasteiger partial charge in [0.25, 0.3) is 11.5 Å². The summed E-state index contributed by atoms with van der Waals surface area (Å²) in [4.78, 5) is 27.8. The third kappa shape index (κ3) is 4.98. The first-order valence-corrected chi connectivity index (χ1v) is 10.6. The van der Waals surface area contributed by atoms with Crippen LogP contribution in [-0.4, -0.2) is 46.8 Å². The molecule has 1 N–H and O–H groups in total. The van der Waals surface area contributed by atoms with Crippen LogP contribution < -0.4 is 10.9 Å². The first-order chi connectivity index (χ1) is 13.6. The van der Waals surface area contributed by atoms with Gasteiger partial charge in [-0.2, -0.15) is 5.10 Å². The molecule has 2 heterocycles. The Bertz CT molecular complexity index is 861. The summed E-state index contributed by atoms with van der Waals surface area (Å²) in [5, 5.41) is 8.52. The van der Waals surface area contributed by atoms with Gasteiger partial charge in [0.05, 0.1) is 5.39 Å². The number of rotatable bonds is 8. The number of aryl methyl sites for hydroxylation is 1. The second-order valence-corrected chi connectivity index (χ2v) is 7.93. The second-order valence-electron chi connectivity index (χ2n) is 7.93. The number of fused-ring (bicyclic) bond motifs is 1. The monoisotopic (exact) mass is 384 g/mol. The van der Waals surface area contributed by atoms with E-state index in [4.69, 9.17) is 0 Å². The summed E-state index contributed by atoms with van der Waals surface area (Å²) >= 11 is 0. The van der Waals surface area contributed by atoms with Crippen LogP contribution in [0.25, 0.3) is 10.8 Å². The number of amides is 1. The SMILES string of the molecule is CCCn1nc(C(=O)NCCCCN2CCC[C@@H](C)C2)c2ccccc2c1=O. The lowest BCUT2D eigenvalue weighted by Gasteiger charge is -2.30. The van der Waals surface area contributed by atoms with Gasteiger partial charge in [0.2, 0.25) is 0 Å². The zero-order valence-electron chi connectivity index (χ0n) is 17.1. The summed E-state index contributed by atoms with van der Waals surface area (Å²) in [6, 6.07) is 7.22. The maximum absolute atomic E-state index is 12.7. The van der Waals surface area contributed by atoms with E-state index in [9.17, 15) is 9.59 Å². The van der Waals surface area contributed by atoms with Crippen molar-refractivity contribution in [3.05, 3.63) is 40.3 Å². The molecule has 2 aromatic rings. The number of hydrogen-bond acceptors (Lipinski definition) is 4. The summed E-state index contributed by atoms with van der Waals surface area (Å²) in [5.41, 5.74) is 0.207. The largest absolute Gasteiger partial charge is 0.351 e. The number of aromatic nitrogens is 2. The number of benzene rings is 1. The first-order valence-electron chi connectivity index (χ1n) is 10.6. The Balaban J connectivity index is 1.59. The van der Waals surface area contributed by atoms with Crippen molar-refractivity contribution in [2.75, 3.05) is 26.2 Å². The highest BCUT2D eigenvalue weighted by Gasteiger charge is 2.17.